The van der Waals surface area contributed by atoms with E-state index in [4.69, 9.17) is 9.15 Å². The third kappa shape index (κ3) is 4.74. The van der Waals surface area contributed by atoms with Gasteiger partial charge in [0, 0.05) is 36.7 Å². The zero-order chi connectivity index (χ0) is 17.6. The summed E-state index contributed by atoms with van der Waals surface area (Å²) in [4.78, 5) is 14.5. The number of carbonyl (C=O) groups is 1. The molecule has 1 saturated heterocycles. The van der Waals surface area contributed by atoms with Crippen molar-refractivity contribution in [2.24, 2.45) is 0 Å². The average molecular weight is 346 g/mol. The lowest BCUT2D eigenvalue weighted by Gasteiger charge is -2.29. The third-order valence-electron chi connectivity index (χ3n) is 4.74. The van der Waals surface area contributed by atoms with Crippen molar-refractivity contribution >= 4 is 16.9 Å². The fourth-order valence-corrected chi connectivity index (χ4v) is 3.24. The summed E-state index contributed by atoms with van der Waals surface area (Å²) in [5.74, 6) is 0.746. The molecule has 0 radical (unpaired) electrons. The molecular formula is C19H26N2O4. The molecule has 2 N–H and O–H groups in total. The predicted molar refractivity (Wildman–Crippen MR) is 95.8 cm³/mol. The van der Waals surface area contributed by atoms with Crippen LogP contribution < -0.4 is 10.1 Å². The average Bonchev–Trinajstić information content (AvgIpc) is 3.02. The number of carbonyl (C=O) groups excluding carboxylic acids is 1. The first-order valence-electron chi connectivity index (χ1n) is 8.87. The second kappa shape index (κ2) is 8.36. The number of aliphatic hydroxyl groups excluding tert-OH is 1. The highest BCUT2D eigenvalue weighted by atomic mass is 16.5. The summed E-state index contributed by atoms with van der Waals surface area (Å²) in [5.41, 5.74) is 1.62. The Morgan fingerprint density at radius 3 is 2.96 bits per heavy atom. The maximum Gasteiger partial charge on any atom is 0.224 e. The molecule has 0 bridgehead atoms. The van der Waals surface area contributed by atoms with Crippen molar-refractivity contribution in [3.63, 3.8) is 0 Å². The number of benzene rings is 1. The summed E-state index contributed by atoms with van der Waals surface area (Å²) < 4.78 is 10.7. The van der Waals surface area contributed by atoms with Gasteiger partial charge in [0.05, 0.1) is 25.9 Å². The second-order valence-electron chi connectivity index (χ2n) is 6.58. The van der Waals surface area contributed by atoms with Gasteiger partial charge < -0.3 is 24.5 Å². The molecule has 1 amide bonds. The zero-order valence-electron chi connectivity index (χ0n) is 14.7. The molecule has 1 fully saturated rings. The minimum absolute atomic E-state index is 0.00702. The molecule has 0 aliphatic carbocycles. The lowest BCUT2D eigenvalue weighted by molar-refractivity contribution is -0.120. The molecule has 1 aliphatic rings. The standard InChI is InChI=1S/C19H26N2O4/c1-24-16-3-4-17-14(13-25-18(17)12-16)11-19(23)20-7-2-8-21-9-5-15(22)6-10-21/h3-4,12-13,15,22H,2,5-11H2,1H3,(H,20,23). The van der Waals surface area contributed by atoms with Gasteiger partial charge in [0.1, 0.15) is 11.3 Å². The fourth-order valence-electron chi connectivity index (χ4n) is 3.24. The van der Waals surface area contributed by atoms with Crippen LogP contribution in [0.2, 0.25) is 0 Å². The molecule has 25 heavy (non-hydrogen) atoms. The minimum atomic E-state index is -0.138. The molecule has 3 rings (SSSR count). The van der Waals surface area contributed by atoms with Crippen LogP contribution in [0.5, 0.6) is 5.75 Å². The third-order valence-corrected chi connectivity index (χ3v) is 4.74. The van der Waals surface area contributed by atoms with E-state index in [9.17, 15) is 9.90 Å². The van der Waals surface area contributed by atoms with E-state index < -0.39 is 0 Å². The van der Waals surface area contributed by atoms with Gasteiger partial charge in [-0.3, -0.25) is 4.79 Å². The van der Waals surface area contributed by atoms with Gasteiger partial charge in [-0.15, -0.1) is 0 Å². The number of hydrogen-bond donors (Lipinski definition) is 2. The molecule has 136 valence electrons. The maximum atomic E-state index is 12.1. The SMILES string of the molecule is COc1ccc2c(CC(=O)NCCCN3CCC(O)CC3)coc2c1. The van der Waals surface area contributed by atoms with Crippen molar-refractivity contribution < 1.29 is 19.1 Å². The van der Waals surface area contributed by atoms with Crippen LogP contribution in [0.4, 0.5) is 0 Å². The van der Waals surface area contributed by atoms with E-state index in [1.54, 1.807) is 13.4 Å². The van der Waals surface area contributed by atoms with Gasteiger partial charge in [0.25, 0.3) is 0 Å². The number of aliphatic hydroxyl groups is 1. The number of nitrogens with one attached hydrogen (secondary N) is 1. The number of likely N-dealkylation sites (tertiary alicyclic amines) is 1. The largest absolute Gasteiger partial charge is 0.497 e. The number of rotatable bonds is 7. The zero-order valence-corrected chi connectivity index (χ0v) is 14.7. The number of hydrogen-bond acceptors (Lipinski definition) is 5. The first-order chi connectivity index (χ1) is 12.2. The molecular weight excluding hydrogens is 320 g/mol. The van der Waals surface area contributed by atoms with Crippen LogP contribution >= 0.6 is 0 Å². The Balaban J connectivity index is 1.42. The van der Waals surface area contributed by atoms with Crippen molar-refractivity contribution in [3.05, 3.63) is 30.0 Å². The lowest BCUT2D eigenvalue weighted by Crippen LogP contribution is -2.37. The Morgan fingerprint density at radius 1 is 1.40 bits per heavy atom. The predicted octanol–water partition coefficient (Wildman–Crippen LogP) is 1.95. The Hall–Kier alpha value is -2.05. The molecule has 0 atom stereocenters. The minimum Gasteiger partial charge on any atom is -0.497 e. The highest BCUT2D eigenvalue weighted by Gasteiger charge is 2.16. The number of ether oxygens (including phenoxy) is 1. The summed E-state index contributed by atoms with van der Waals surface area (Å²) in [5, 5.41) is 13.4. The van der Waals surface area contributed by atoms with E-state index >= 15 is 0 Å². The molecule has 6 nitrogen and oxygen atoms in total. The van der Waals surface area contributed by atoms with Gasteiger partial charge in [0.15, 0.2) is 0 Å². The molecule has 1 aromatic carbocycles. The highest BCUT2D eigenvalue weighted by Crippen LogP contribution is 2.25. The molecule has 0 spiro atoms. The van der Waals surface area contributed by atoms with Crippen LogP contribution in [0, 0.1) is 0 Å². The van der Waals surface area contributed by atoms with Gasteiger partial charge in [-0.25, -0.2) is 0 Å². The van der Waals surface area contributed by atoms with Gasteiger partial charge in [-0.2, -0.15) is 0 Å². The van der Waals surface area contributed by atoms with Crippen LogP contribution in [0.1, 0.15) is 24.8 Å². The molecule has 2 aromatic rings. The number of methoxy groups -OCH3 is 1. The van der Waals surface area contributed by atoms with Gasteiger partial charge in [-0.05, 0) is 37.9 Å². The topological polar surface area (TPSA) is 74.9 Å². The van der Waals surface area contributed by atoms with Crippen LogP contribution in [-0.4, -0.2) is 55.3 Å². The van der Waals surface area contributed by atoms with Crippen LogP contribution in [-0.2, 0) is 11.2 Å². The van der Waals surface area contributed by atoms with E-state index in [-0.39, 0.29) is 12.0 Å². The van der Waals surface area contributed by atoms with Crippen molar-refractivity contribution in [2.45, 2.75) is 31.8 Å². The Morgan fingerprint density at radius 2 is 2.20 bits per heavy atom. The van der Waals surface area contributed by atoms with Gasteiger partial charge >= 0.3 is 0 Å². The van der Waals surface area contributed by atoms with E-state index in [0.29, 0.717) is 13.0 Å². The van der Waals surface area contributed by atoms with Gasteiger partial charge in [0.2, 0.25) is 5.91 Å². The molecule has 2 heterocycles. The first kappa shape index (κ1) is 17.8. The number of nitrogens with zero attached hydrogens (tertiary/aromatic N) is 1. The molecule has 0 unspecified atom stereocenters. The van der Waals surface area contributed by atoms with E-state index in [1.165, 1.54) is 0 Å². The van der Waals surface area contributed by atoms with Crippen molar-refractivity contribution in [1.82, 2.24) is 10.2 Å². The summed E-state index contributed by atoms with van der Waals surface area (Å²) in [6, 6.07) is 5.62. The molecule has 6 heteroatoms. The lowest BCUT2D eigenvalue weighted by atomic mass is 10.1. The monoisotopic (exact) mass is 346 g/mol. The van der Waals surface area contributed by atoms with E-state index in [1.807, 2.05) is 18.2 Å². The van der Waals surface area contributed by atoms with Crippen molar-refractivity contribution in [3.8, 4) is 5.75 Å². The van der Waals surface area contributed by atoms with Crippen molar-refractivity contribution in [2.75, 3.05) is 33.3 Å². The molecule has 0 saturated carbocycles. The van der Waals surface area contributed by atoms with Crippen LogP contribution in [0.25, 0.3) is 11.0 Å². The van der Waals surface area contributed by atoms with Gasteiger partial charge in [-0.1, -0.05) is 0 Å². The Labute approximate surface area is 147 Å². The summed E-state index contributed by atoms with van der Waals surface area (Å²) >= 11 is 0. The Kier molecular flexibility index (Phi) is 5.94. The quantitative estimate of drug-likeness (QED) is 0.750. The maximum absolute atomic E-state index is 12.1. The Bertz CT molecular complexity index is 705. The summed E-state index contributed by atoms with van der Waals surface area (Å²) in [6.45, 7) is 3.52. The number of furan rings is 1. The second-order valence-corrected chi connectivity index (χ2v) is 6.58. The highest BCUT2D eigenvalue weighted by molar-refractivity contribution is 5.88. The van der Waals surface area contributed by atoms with Crippen molar-refractivity contribution in [1.29, 1.82) is 0 Å². The molecule has 1 aromatic heterocycles. The normalized spacial score (nSPS) is 16.2. The van der Waals surface area contributed by atoms with Crippen LogP contribution in [0.15, 0.2) is 28.9 Å². The first-order valence-corrected chi connectivity index (χ1v) is 8.87. The number of amides is 1. The number of fused-ring (bicyclic) bond motifs is 1. The number of piperidine rings is 1. The summed E-state index contributed by atoms with van der Waals surface area (Å²) in [7, 11) is 1.62. The summed E-state index contributed by atoms with van der Waals surface area (Å²) in [6.07, 6.45) is 4.44. The van der Waals surface area contributed by atoms with E-state index in [2.05, 4.69) is 10.2 Å². The smallest absolute Gasteiger partial charge is 0.224 e. The van der Waals surface area contributed by atoms with E-state index in [0.717, 1.165) is 61.2 Å². The molecule has 1 aliphatic heterocycles. The van der Waals surface area contributed by atoms with Crippen LogP contribution in [0.3, 0.4) is 0 Å². The fraction of sp³-hybridized carbons (Fsp3) is 0.526.